The van der Waals surface area contributed by atoms with Crippen LogP contribution in [0.2, 0.25) is 0 Å². The molecule has 0 radical (unpaired) electrons. The highest BCUT2D eigenvalue weighted by molar-refractivity contribution is 5.78. The Labute approximate surface area is 128 Å². The minimum atomic E-state index is 0.102. The van der Waals surface area contributed by atoms with Gasteiger partial charge >= 0.3 is 0 Å². The highest BCUT2D eigenvalue weighted by atomic mass is 16.2. The van der Waals surface area contributed by atoms with Gasteiger partial charge in [-0.3, -0.25) is 4.79 Å². The summed E-state index contributed by atoms with van der Waals surface area (Å²) in [5.74, 6) is 0.883. The van der Waals surface area contributed by atoms with E-state index in [1.54, 1.807) is 0 Å². The van der Waals surface area contributed by atoms with Gasteiger partial charge in [-0.2, -0.15) is 0 Å². The molecular formula is C18H28N2O. The summed E-state index contributed by atoms with van der Waals surface area (Å²) in [7, 11) is 0. The van der Waals surface area contributed by atoms with Crippen LogP contribution in [0.15, 0.2) is 30.3 Å². The third-order valence-electron chi connectivity index (χ3n) is 4.47. The number of carbonyl (C=O) groups excluding carboxylic acids is 1. The topological polar surface area (TPSA) is 32.3 Å². The number of amides is 1. The third kappa shape index (κ3) is 4.07. The van der Waals surface area contributed by atoms with Crippen LogP contribution in [0.4, 0.5) is 0 Å². The molecule has 1 aromatic rings. The molecule has 2 rings (SSSR count). The molecule has 1 N–H and O–H groups in total. The largest absolute Gasteiger partial charge is 0.342 e. The van der Waals surface area contributed by atoms with Crippen molar-refractivity contribution in [2.75, 3.05) is 13.1 Å². The van der Waals surface area contributed by atoms with Gasteiger partial charge in [-0.1, -0.05) is 51.1 Å². The third-order valence-corrected chi connectivity index (χ3v) is 4.47. The summed E-state index contributed by atoms with van der Waals surface area (Å²) in [4.78, 5) is 14.1. The summed E-state index contributed by atoms with van der Waals surface area (Å²) in [5, 5.41) is 3.74. The van der Waals surface area contributed by atoms with Crippen molar-refractivity contribution in [3.63, 3.8) is 0 Å². The van der Waals surface area contributed by atoms with Crippen molar-refractivity contribution in [1.29, 1.82) is 0 Å². The van der Waals surface area contributed by atoms with Gasteiger partial charge in [0.15, 0.2) is 0 Å². The molecule has 1 aliphatic heterocycles. The molecule has 3 heteroatoms. The molecule has 0 aliphatic carbocycles. The summed E-state index contributed by atoms with van der Waals surface area (Å²) in [6.07, 6.45) is 1.04. The van der Waals surface area contributed by atoms with Crippen LogP contribution in [0, 0.1) is 11.8 Å². The van der Waals surface area contributed by atoms with Crippen molar-refractivity contribution in [3.05, 3.63) is 35.9 Å². The number of piperidine rings is 1. The fraction of sp³-hybridized carbons (Fsp3) is 0.611. The van der Waals surface area contributed by atoms with E-state index >= 15 is 0 Å². The average molecular weight is 288 g/mol. The maximum Gasteiger partial charge on any atom is 0.225 e. The van der Waals surface area contributed by atoms with E-state index in [2.05, 4.69) is 49.5 Å². The molecule has 1 amide bonds. The molecular weight excluding hydrogens is 260 g/mol. The standard InChI is InChI=1S/C18H28N2O/c1-13(2)18(21)20-11-10-17(14(3)12-20)19-15(4)16-8-6-5-7-9-16/h5-9,13-15,17,19H,10-12H2,1-4H3. The normalized spacial score (nSPS) is 24.1. The number of nitrogens with one attached hydrogen (secondary N) is 1. The van der Waals surface area contributed by atoms with Crippen molar-refractivity contribution in [2.45, 2.75) is 46.2 Å². The van der Waals surface area contributed by atoms with Gasteiger partial charge in [-0.05, 0) is 24.8 Å². The quantitative estimate of drug-likeness (QED) is 0.922. The average Bonchev–Trinajstić information content (AvgIpc) is 2.49. The minimum absolute atomic E-state index is 0.102. The zero-order chi connectivity index (χ0) is 15.4. The summed E-state index contributed by atoms with van der Waals surface area (Å²) in [6, 6.07) is 11.4. The first-order valence-corrected chi connectivity index (χ1v) is 8.08. The van der Waals surface area contributed by atoms with Crippen LogP contribution >= 0.6 is 0 Å². The zero-order valence-corrected chi connectivity index (χ0v) is 13.7. The summed E-state index contributed by atoms with van der Waals surface area (Å²) in [6.45, 7) is 10.2. The number of rotatable bonds is 4. The second kappa shape index (κ2) is 7.08. The lowest BCUT2D eigenvalue weighted by atomic mass is 9.91. The molecule has 116 valence electrons. The zero-order valence-electron chi connectivity index (χ0n) is 13.7. The van der Waals surface area contributed by atoms with Gasteiger partial charge in [0.05, 0.1) is 0 Å². The van der Waals surface area contributed by atoms with Gasteiger partial charge in [-0.25, -0.2) is 0 Å². The maximum absolute atomic E-state index is 12.1. The smallest absolute Gasteiger partial charge is 0.225 e. The van der Waals surface area contributed by atoms with Gasteiger partial charge < -0.3 is 10.2 Å². The van der Waals surface area contributed by atoms with Crippen LogP contribution in [0.3, 0.4) is 0 Å². The molecule has 1 aliphatic rings. The van der Waals surface area contributed by atoms with E-state index in [0.717, 1.165) is 19.5 Å². The minimum Gasteiger partial charge on any atom is -0.342 e. The first-order chi connectivity index (χ1) is 9.99. The Kier molecular flexibility index (Phi) is 5.40. The molecule has 1 heterocycles. The first kappa shape index (κ1) is 16.0. The van der Waals surface area contributed by atoms with E-state index in [1.165, 1.54) is 5.56 Å². The molecule has 1 fully saturated rings. The molecule has 3 nitrogen and oxygen atoms in total. The number of nitrogens with zero attached hydrogens (tertiary/aromatic N) is 1. The van der Waals surface area contributed by atoms with Crippen LogP contribution in [0.25, 0.3) is 0 Å². The van der Waals surface area contributed by atoms with Crippen molar-refractivity contribution in [1.82, 2.24) is 10.2 Å². The Bertz CT molecular complexity index is 458. The van der Waals surface area contributed by atoms with E-state index in [-0.39, 0.29) is 11.8 Å². The van der Waals surface area contributed by atoms with E-state index in [1.807, 2.05) is 18.7 Å². The monoisotopic (exact) mass is 288 g/mol. The Morgan fingerprint density at radius 3 is 2.48 bits per heavy atom. The first-order valence-electron chi connectivity index (χ1n) is 8.08. The second-order valence-corrected chi connectivity index (χ2v) is 6.61. The van der Waals surface area contributed by atoms with Crippen LogP contribution in [0.5, 0.6) is 0 Å². The fourth-order valence-corrected chi connectivity index (χ4v) is 3.12. The Morgan fingerprint density at radius 2 is 1.90 bits per heavy atom. The van der Waals surface area contributed by atoms with Gasteiger partial charge in [0.2, 0.25) is 5.91 Å². The lowest BCUT2D eigenvalue weighted by Crippen LogP contribution is -2.51. The highest BCUT2D eigenvalue weighted by Gasteiger charge is 2.30. The lowest BCUT2D eigenvalue weighted by molar-refractivity contribution is -0.136. The molecule has 1 saturated heterocycles. The second-order valence-electron chi connectivity index (χ2n) is 6.61. The molecule has 1 aromatic carbocycles. The van der Waals surface area contributed by atoms with E-state index < -0.39 is 0 Å². The number of hydrogen-bond donors (Lipinski definition) is 1. The predicted molar refractivity (Wildman–Crippen MR) is 87.0 cm³/mol. The SMILES string of the molecule is CC(C)C(=O)N1CCC(NC(C)c2ccccc2)C(C)C1. The van der Waals surface area contributed by atoms with Gasteiger partial charge in [-0.15, -0.1) is 0 Å². The fourth-order valence-electron chi connectivity index (χ4n) is 3.12. The predicted octanol–water partition coefficient (Wildman–Crippen LogP) is 3.23. The van der Waals surface area contributed by atoms with Gasteiger partial charge in [0, 0.05) is 31.1 Å². The molecule has 21 heavy (non-hydrogen) atoms. The lowest BCUT2D eigenvalue weighted by Gasteiger charge is -2.39. The number of likely N-dealkylation sites (tertiary alicyclic amines) is 1. The molecule has 0 spiro atoms. The van der Waals surface area contributed by atoms with E-state index in [4.69, 9.17) is 0 Å². The van der Waals surface area contributed by atoms with Gasteiger partial charge in [0.25, 0.3) is 0 Å². The molecule has 0 bridgehead atoms. The van der Waals surface area contributed by atoms with E-state index in [9.17, 15) is 4.79 Å². The van der Waals surface area contributed by atoms with Crippen LogP contribution in [0.1, 0.15) is 45.7 Å². The Morgan fingerprint density at radius 1 is 1.24 bits per heavy atom. The van der Waals surface area contributed by atoms with Crippen molar-refractivity contribution in [3.8, 4) is 0 Å². The molecule has 3 unspecified atom stereocenters. The molecule has 0 aromatic heterocycles. The summed E-state index contributed by atoms with van der Waals surface area (Å²) in [5.41, 5.74) is 1.32. The molecule has 0 saturated carbocycles. The van der Waals surface area contributed by atoms with Crippen molar-refractivity contribution < 1.29 is 4.79 Å². The Hall–Kier alpha value is -1.35. The molecule has 3 atom stereocenters. The van der Waals surface area contributed by atoms with Crippen molar-refractivity contribution in [2.24, 2.45) is 11.8 Å². The summed E-state index contributed by atoms with van der Waals surface area (Å²) >= 11 is 0. The number of hydrogen-bond acceptors (Lipinski definition) is 2. The number of benzene rings is 1. The maximum atomic E-state index is 12.1. The Balaban J connectivity index is 1.91. The summed E-state index contributed by atoms with van der Waals surface area (Å²) < 4.78 is 0. The van der Waals surface area contributed by atoms with E-state index in [0.29, 0.717) is 18.0 Å². The van der Waals surface area contributed by atoms with Crippen LogP contribution in [-0.2, 0) is 4.79 Å². The van der Waals surface area contributed by atoms with Crippen LogP contribution in [-0.4, -0.2) is 29.9 Å². The highest BCUT2D eigenvalue weighted by Crippen LogP contribution is 2.22. The van der Waals surface area contributed by atoms with Crippen molar-refractivity contribution >= 4 is 5.91 Å². The number of carbonyl (C=O) groups is 1. The van der Waals surface area contributed by atoms with Gasteiger partial charge in [0.1, 0.15) is 0 Å². The van der Waals surface area contributed by atoms with Crippen LogP contribution < -0.4 is 5.32 Å².